The Hall–Kier alpha value is -3.59. The minimum Gasteiger partial charge on any atom is -0.497 e. The molecule has 148 valence electrons. The molecule has 0 spiro atoms. The molecule has 0 radical (unpaired) electrons. The number of hydrogen-bond donors (Lipinski definition) is 1. The van der Waals surface area contributed by atoms with E-state index in [-0.39, 0.29) is 10.6 Å². The maximum atomic E-state index is 12.9. The lowest BCUT2D eigenvalue weighted by atomic mass is 10.1. The van der Waals surface area contributed by atoms with Crippen LogP contribution in [0.1, 0.15) is 0 Å². The van der Waals surface area contributed by atoms with Crippen molar-refractivity contribution in [3.05, 3.63) is 67.1 Å². The molecule has 9 heteroatoms. The highest BCUT2D eigenvalue weighted by Crippen LogP contribution is 2.30. The van der Waals surface area contributed by atoms with E-state index in [0.29, 0.717) is 17.2 Å². The average molecular weight is 410 g/mol. The molecular weight excluding hydrogens is 392 g/mol. The third-order valence-electron chi connectivity index (χ3n) is 4.33. The first-order valence-corrected chi connectivity index (χ1v) is 10.1. The molecular formula is C20H18N4O4S. The minimum absolute atomic E-state index is 0.00477. The zero-order chi connectivity index (χ0) is 20.4. The molecule has 1 N–H and O–H groups in total. The van der Waals surface area contributed by atoms with E-state index in [4.69, 9.17) is 9.47 Å². The van der Waals surface area contributed by atoms with Crippen LogP contribution >= 0.6 is 0 Å². The van der Waals surface area contributed by atoms with E-state index in [1.807, 2.05) is 22.9 Å². The van der Waals surface area contributed by atoms with Crippen molar-refractivity contribution in [1.82, 2.24) is 14.4 Å². The van der Waals surface area contributed by atoms with Crippen molar-refractivity contribution in [2.45, 2.75) is 4.90 Å². The van der Waals surface area contributed by atoms with E-state index in [9.17, 15) is 8.42 Å². The van der Waals surface area contributed by atoms with Gasteiger partial charge in [0.2, 0.25) is 5.78 Å². The van der Waals surface area contributed by atoms with Crippen LogP contribution in [0.3, 0.4) is 0 Å². The summed E-state index contributed by atoms with van der Waals surface area (Å²) in [5.41, 5.74) is 2.01. The predicted molar refractivity (Wildman–Crippen MR) is 109 cm³/mol. The third kappa shape index (κ3) is 3.72. The average Bonchev–Trinajstić information content (AvgIpc) is 3.17. The van der Waals surface area contributed by atoms with Crippen LogP contribution in [-0.4, -0.2) is 37.0 Å². The molecule has 2 aromatic carbocycles. The quantitative estimate of drug-likeness (QED) is 0.524. The van der Waals surface area contributed by atoms with Gasteiger partial charge in [-0.3, -0.25) is 9.12 Å². The van der Waals surface area contributed by atoms with E-state index in [2.05, 4.69) is 14.7 Å². The second-order valence-corrected chi connectivity index (χ2v) is 7.80. The summed E-state index contributed by atoms with van der Waals surface area (Å²) in [5, 5.41) is 0. The van der Waals surface area contributed by atoms with Crippen molar-refractivity contribution in [3.63, 3.8) is 0 Å². The van der Waals surface area contributed by atoms with Crippen LogP contribution in [0.25, 0.3) is 17.0 Å². The van der Waals surface area contributed by atoms with Gasteiger partial charge in [-0.05, 0) is 30.3 Å². The van der Waals surface area contributed by atoms with Gasteiger partial charge >= 0.3 is 0 Å². The largest absolute Gasteiger partial charge is 0.497 e. The number of nitrogens with one attached hydrogen (secondary N) is 1. The highest BCUT2D eigenvalue weighted by Gasteiger charge is 2.21. The van der Waals surface area contributed by atoms with Crippen LogP contribution in [0.2, 0.25) is 0 Å². The molecule has 4 rings (SSSR count). The van der Waals surface area contributed by atoms with Gasteiger partial charge in [0, 0.05) is 35.9 Å². The van der Waals surface area contributed by atoms with Gasteiger partial charge in [0.1, 0.15) is 16.4 Å². The predicted octanol–water partition coefficient (Wildman–Crippen LogP) is 3.21. The fourth-order valence-electron chi connectivity index (χ4n) is 2.88. The highest BCUT2D eigenvalue weighted by molar-refractivity contribution is 7.92. The van der Waals surface area contributed by atoms with E-state index < -0.39 is 10.0 Å². The molecule has 0 amide bonds. The van der Waals surface area contributed by atoms with Crippen molar-refractivity contribution in [2.24, 2.45) is 0 Å². The number of rotatable bonds is 6. The molecule has 0 aliphatic heterocycles. The maximum Gasteiger partial charge on any atom is 0.265 e. The van der Waals surface area contributed by atoms with Gasteiger partial charge in [0.15, 0.2) is 0 Å². The van der Waals surface area contributed by atoms with E-state index in [0.717, 1.165) is 11.3 Å². The molecule has 0 bridgehead atoms. The summed E-state index contributed by atoms with van der Waals surface area (Å²) >= 11 is 0. The summed E-state index contributed by atoms with van der Waals surface area (Å²) in [7, 11) is -0.984. The molecule has 2 aromatic heterocycles. The number of imidazole rings is 1. The Morgan fingerprint density at radius 2 is 1.83 bits per heavy atom. The summed E-state index contributed by atoms with van der Waals surface area (Å²) in [6.45, 7) is 0. The van der Waals surface area contributed by atoms with Crippen molar-refractivity contribution in [2.75, 3.05) is 18.9 Å². The Morgan fingerprint density at radius 1 is 1.03 bits per heavy atom. The molecule has 2 heterocycles. The fourth-order valence-corrected chi connectivity index (χ4v) is 4.13. The smallest absolute Gasteiger partial charge is 0.265 e. The van der Waals surface area contributed by atoms with Crippen LogP contribution in [0.5, 0.6) is 11.5 Å². The van der Waals surface area contributed by atoms with E-state index >= 15 is 0 Å². The maximum absolute atomic E-state index is 12.9. The molecule has 0 atom stereocenters. The van der Waals surface area contributed by atoms with E-state index in [1.165, 1.54) is 20.3 Å². The highest BCUT2D eigenvalue weighted by atomic mass is 32.2. The lowest BCUT2D eigenvalue weighted by Gasteiger charge is -2.13. The second-order valence-electron chi connectivity index (χ2n) is 6.15. The van der Waals surface area contributed by atoms with Crippen molar-refractivity contribution in [3.8, 4) is 22.8 Å². The Balaban J connectivity index is 1.61. The molecule has 0 unspecified atom stereocenters. The van der Waals surface area contributed by atoms with Gasteiger partial charge < -0.3 is 9.47 Å². The number of ether oxygens (including phenoxy) is 2. The molecule has 0 saturated heterocycles. The Kier molecular flexibility index (Phi) is 4.81. The summed E-state index contributed by atoms with van der Waals surface area (Å²) < 4.78 is 40.4. The number of sulfonamides is 1. The number of methoxy groups -OCH3 is 2. The van der Waals surface area contributed by atoms with Crippen LogP contribution in [-0.2, 0) is 10.0 Å². The third-order valence-corrected chi connectivity index (χ3v) is 5.73. The van der Waals surface area contributed by atoms with Gasteiger partial charge in [0.05, 0.1) is 19.9 Å². The number of benzene rings is 2. The topological polar surface area (TPSA) is 94.8 Å². The van der Waals surface area contributed by atoms with Crippen LogP contribution in [0, 0.1) is 0 Å². The number of hydrogen-bond acceptors (Lipinski definition) is 6. The molecule has 4 aromatic rings. The second kappa shape index (κ2) is 7.44. The summed E-state index contributed by atoms with van der Waals surface area (Å²) in [6.07, 6.45) is 5.41. The van der Waals surface area contributed by atoms with Crippen LogP contribution in [0.4, 0.5) is 5.69 Å². The summed E-state index contributed by atoms with van der Waals surface area (Å²) in [4.78, 5) is 8.65. The van der Waals surface area contributed by atoms with Gasteiger partial charge in [-0.15, -0.1) is 0 Å². The van der Waals surface area contributed by atoms with Gasteiger partial charge in [-0.2, -0.15) is 0 Å². The fraction of sp³-hybridized carbons (Fsp3) is 0.100. The molecule has 0 fully saturated rings. The normalized spacial score (nSPS) is 11.4. The van der Waals surface area contributed by atoms with Crippen molar-refractivity contribution >= 4 is 21.5 Å². The lowest BCUT2D eigenvalue weighted by molar-refractivity contribution is 0.392. The minimum atomic E-state index is -3.87. The molecule has 0 aliphatic carbocycles. The number of nitrogens with zero attached hydrogens (tertiary/aromatic N) is 3. The van der Waals surface area contributed by atoms with Gasteiger partial charge in [-0.1, -0.05) is 12.1 Å². The first-order valence-electron chi connectivity index (χ1n) is 8.65. The number of aromatic nitrogens is 3. The van der Waals surface area contributed by atoms with Gasteiger partial charge in [-0.25, -0.2) is 18.4 Å². The van der Waals surface area contributed by atoms with Crippen LogP contribution < -0.4 is 14.2 Å². The Bertz CT molecular complexity index is 1230. The summed E-state index contributed by atoms with van der Waals surface area (Å²) in [5.74, 6) is 1.24. The zero-order valence-corrected chi connectivity index (χ0v) is 16.6. The van der Waals surface area contributed by atoms with Crippen molar-refractivity contribution in [1.29, 1.82) is 0 Å². The van der Waals surface area contributed by atoms with Gasteiger partial charge in [0.25, 0.3) is 10.0 Å². The Morgan fingerprint density at radius 3 is 2.52 bits per heavy atom. The molecule has 0 saturated carbocycles. The molecule has 29 heavy (non-hydrogen) atoms. The first kappa shape index (κ1) is 18.8. The monoisotopic (exact) mass is 410 g/mol. The standard InChI is InChI=1S/C20H18N4O4S/c1-27-16-8-9-18(28-2)19(12-16)29(25,26)23-15-6-4-14(5-7-15)17-13-24-11-3-10-21-20(24)22-17/h3-13,23H,1-2H3. The molecule has 8 nitrogen and oxygen atoms in total. The Labute approximate surface area is 167 Å². The van der Waals surface area contributed by atoms with Crippen molar-refractivity contribution < 1.29 is 17.9 Å². The number of anilines is 1. The zero-order valence-electron chi connectivity index (χ0n) is 15.7. The number of fused-ring (bicyclic) bond motifs is 1. The van der Waals surface area contributed by atoms with Crippen LogP contribution in [0.15, 0.2) is 72.0 Å². The SMILES string of the molecule is COc1ccc(OC)c(S(=O)(=O)Nc2ccc(-c3cn4cccnc4n3)cc2)c1. The van der Waals surface area contributed by atoms with E-state index in [1.54, 1.807) is 42.6 Å². The first-order chi connectivity index (χ1) is 14.0. The summed E-state index contributed by atoms with van der Waals surface area (Å²) in [6, 6.07) is 13.4. The lowest BCUT2D eigenvalue weighted by Crippen LogP contribution is -2.14. The molecule has 0 aliphatic rings.